The number of ketones is 1. The fourth-order valence-corrected chi connectivity index (χ4v) is 2.19. The van der Waals surface area contributed by atoms with Gasteiger partial charge in [-0.15, -0.1) is 0 Å². The van der Waals surface area contributed by atoms with Crippen molar-refractivity contribution >= 4 is 11.4 Å². The van der Waals surface area contributed by atoms with Gasteiger partial charge in [-0.25, -0.2) is 0 Å². The molecule has 0 radical (unpaired) electrons. The predicted octanol–water partition coefficient (Wildman–Crippen LogP) is 3.32. The molecule has 0 saturated carbocycles. The van der Waals surface area contributed by atoms with Crippen LogP contribution in [0.15, 0.2) is 36.4 Å². The van der Waals surface area contributed by atoms with Crippen LogP contribution in [0.4, 0.5) is 0 Å². The van der Waals surface area contributed by atoms with Gasteiger partial charge in [-0.05, 0) is 29.0 Å². The van der Waals surface area contributed by atoms with Crippen molar-refractivity contribution in [2.75, 3.05) is 0 Å². The Balaban J connectivity index is 2.35. The molecule has 0 N–H and O–H groups in total. The monoisotopic (exact) mass is 200 g/mol. The third-order valence-electron chi connectivity index (χ3n) is 3.05. The largest absolute Gasteiger partial charge is 0.295 e. The molecule has 15 heavy (non-hydrogen) atoms. The number of rotatable bonds is 2. The average Bonchev–Trinajstić information content (AvgIpc) is 2.62. The van der Waals surface area contributed by atoms with E-state index in [-0.39, 0.29) is 5.78 Å². The van der Waals surface area contributed by atoms with Crippen LogP contribution in [0.1, 0.15) is 25.8 Å². The maximum absolute atomic E-state index is 11.5. The molecule has 78 valence electrons. The molecule has 1 atom stereocenters. The normalized spacial score (nSPS) is 20.9. The molecular weight excluding hydrogens is 184 g/mol. The molecular formula is C14H16O. The number of carbonyl (C=O) groups excluding carboxylic acids is 1. The Morgan fingerprint density at radius 2 is 1.87 bits per heavy atom. The van der Waals surface area contributed by atoms with Crippen molar-refractivity contribution in [1.29, 1.82) is 0 Å². The van der Waals surface area contributed by atoms with Crippen LogP contribution >= 0.6 is 0 Å². The van der Waals surface area contributed by atoms with E-state index in [2.05, 4.69) is 26.0 Å². The molecule has 1 unspecified atom stereocenters. The summed E-state index contributed by atoms with van der Waals surface area (Å²) in [7, 11) is 0. The summed E-state index contributed by atoms with van der Waals surface area (Å²) in [6.07, 6.45) is 2.50. The second kappa shape index (κ2) is 4.01. The fraction of sp³-hybridized carbons (Fsp3) is 0.357. The van der Waals surface area contributed by atoms with Crippen molar-refractivity contribution in [3.63, 3.8) is 0 Å². The molecule has 2 rings (SSSR count). The van der Waals surface area contributed by atoms with E-state index in [0.717, 1.165) is 0 Å². The predicted molar refractivity (Wildman–Crippen MR) is 62.4 cm³/mol. The van der Waals surface area contributed by atoms with E-state index in [1.54, 1.807) is 0 Å². The van der Waals surface area contributed by atoms with Crippen LogP contribution in [0.5, 0.6) is 0 Å². The lowest BCUT2D eigenvalue weighted by atomic mass is 9.86. The van der Waals surface area contributed by atoms with Crippen LogP contribution in [-0.2, 0) is 4.79 Å². The lowest BCUT2D eigenvalue weighted by Crippen LogP contribution is -2.08. The summed E-state index contributed by atoms with van der Waals surface area (Å²) in [5.74, 6) is 1.20. The van der Waals surface area contributed by atoms with Gasteiger partial charge in [-0.1, -0.05) is 44.2 Å². The van der Waals surface area contributed by atoms with Crippen molar-refractivity contribution < 1.29 is 4.79 Å². The minimum absolute atomic E-state index is 0.271. The van der Waals surface area contributed by atoms with Crippen molar-refractivity contribution in [3.8, 4) is 0 Å². The summed E-state index contributed by atoms with van der Waals surface area (Å²) in [5, 5.41) is 0. The standard InChI is InChI=1S/C14H16O/c1-10(2)13-8-12(15)9-14(13)11-6-4-3-5-7-11/h3-7,9-10,13H,8H2,1-2H3. The summed E-state index contributed by atoms with van der Waals surface area (Å²) in [5.41, 5.74) is 2.41. The summed E-state index contributed by atoms with van der Waals surface area (Å²) >= 11 is 0. The van der Waals surface area contributed by atoms with Crippen LogP contribution in [0.2, 0.25) is 0 Å². The second-order valence-corrected chi connectivity index (χ2v) is 4.49. The van der Waals surface area contributed by atoms with E-state index >= 15 is 0 Å². The molecule has 0 fully saturated rings. The van der Waals surface area contributed by atoms with Gasteiger partial charge in [0.15, 0.2) is 5.78 Å². The van der Waals surface area contributed by atoms with Crippen molar-refractivity contribution in [2.45, 2.75) is 20.3 Å². The Kier molecular flexibility index (Phi) is 2.72. The first-order chi connectivity index (χ1) is 7.18. The molecule has 1 aromatic rings. The third kappa shape index (κ3) is 2.01. The Bertz CT molecular complexity index is 387. The molecule has 1 nitrogen and oxygen atoms in total. The molecule has 1 aliphatic rings. The van der Waals surface area contributed by atoms with Gasteiger partial charge in [0.05, 0.1) is 0 Å². The lowest BCUT2D eigenvalue weighted by molar-refractivity contribution is -0.114. The molecule has 1 aromatic carbocycles. The van der Waals surface area contributed by atoms with Gasteiger partial charge >= 0.3 is 0 Å². The molecule has 1 heteroatoms. The number of hydrogen-bond acceptors (Lipinski definition) is 1. The van der Waals surface area contributed by atoms with Crippen molar-refractivity contribution in [1.82, 2.24) is 0 Å². The highest BCUT2D eigenvalue weighted by molar-refractivity contribution is 6.02. The smallest absolute Gasteiger partial charge is 0.156 e. The maximum atomic E-state index is 11.5. The number of hydrogen-bond donors (Lipinski definition) is 0. The Hall–Kier alpha value is -1.37. The summed E-state index contributed by atoms with van der Waals surface area (Å²) in [4.78, 5) is 11.5. The first kappa shape index (κ1) is 10.2. The first-order valence-electron chi connectivity index (χ1n) is 5.48. The molecule has 0 aromatic heterocycles. The van der Waals surface area contributed by atoms with Gasteiger partial charge in [0, 0.05) is 6.42 Å². The van der Waals surface area contributed by atoms with Gasteiger partial charge in [0.2, 0.25) is 0 Å². The Morgan fingerprint density at radius 3 is 2.47 bits per heavy atom. The summed E-state index contributed by atoms with van der Waals surface area (Å²) in [6, 6.07) is 10.2. The second-order valence-electron chi connectivity index (χ2n) is 4.49. The van der Waals surface area contributed by atoms with Gasteiger partial charge < -0.3 is 0 Å². The quantitative estimate of drug-likeness (QED) is 0.715. The average molecular weight is 200 g/mol. The minimum atomic E-state index is 0.271. The molecule has 1 aliphatic carbocycles. The van der Waals surface area contributed by atoms with Crippen molar-refractivity contribution in [2.24, 2.45) is 11.8 Å². The SMILES string of the molecule is CC(C)C1CC(=O)C=C1c1ccccc1. The summed E-state index contributed by atoms with van der Waals surface area (Å²) < 4.78 is 0. The molecule has 0 aliphatic heterocycles. The summed E-state index contributed by atoms with van der Waals surface area (Å²) in [6.45, 7) is 4.36. The highest BCUT2D eigenvalue weighted by Crippen LogP contribution is 2.36. The molecule has 0 bridgehead atoms. The van der Waals surface area contributed by atoms with Gasteiger partial charge in [0.1, 0.15) is 0 Å². The number of benzene rings is 1. The molecule has 0 saturated heterocycles. The minimum Gasteiger partial charge on any atom is -0.295 e. The third-order valence-corrected chi connectivity index (χ3v) is 3.05. The van der Waals surface area contributed by atoms with Crippen LogP contribution in [0.25, 0.3) is 5.57 Å². The molecule has 0 amide bonds. The first-order valence-corrected chi connectivity index (χ1v) is 5.48. The zero-order chi connectivity index (χ0) is 10.8. The Labute approximate surface area is 90.8 Å². The van der Waals surface area contributed by atoms with E-state index in [1.807, 2.05) is 24.3 Å². The van der Waals surface area contributed by atoms with E-state index in [1.165, 1.54) is 11.1 Å². The lowest BCUT2D eigenvalue weighted by Gasteiger charge is -2.18. The zero-order valence-corrected chi connectivity index (χ0v) is 9.23. The van der Waals surface area contributed by atoms with Crippen molar-refractivity contribution in [3.05, 3.63) is 42.0 Å². The fourth-order valence-electron chi connectivity index (χ4n) is 2.19. The number of carbonyl (C=O) groups is 1. The van der Waals surface area contributed by atoms with Crippen LogP contribution in [0, 0.1) is 11.8 Å². The highest BCUT2D eigenvalue weighted by Gasteiger charge is 2.27. The van der Waals surface area contributed by atoms with E-state index in [9.17, 15) is 4.79 Å². The number of allylic oxidation sites excluding steroid dienone is 2. The van der Waals surface area contributed by atoms with E-state index in [4.69, 9.17) is 0 Å². The van der Waals surface area contributed by atoms with Crippen LogP contribution in [0.3, 0.4) is 0 Å². The van der Waals surface area contributed by atoms with E-state index in [0.29, 0.717) is 18.3 Å². The van der Waals surface area contributed by atoms with Crippen LogP contribution < -0.4 is 0 Å². The maximum Gasteiger partial charge on any atom is 0.156 e. The highest BCUT2D eigenvalue weighted by atomic mass is 16.1. The van der Waals surface area contributed by atoms with Gasteiger partial charge in [-0.3, -0.25) is 4.79 Å². The Morgan fingerprint density at radius 1 is 1.20 bits per heavy atom. The molecule has 0 spiro atoms. The zero-order valence-electron chi connectivity index (χ0n) is 9.23. The van der Waals surface area contributed by atoms with Gasteiger partial charge in [-0.2, -0.15) is 0 Å². The molecule has 0 heterocycles. The van der Waals surface area contributed by atoms with Gasteiger partial charge in [0.25, 0.3) is 0 Å². The topological polar surface area (TPSA) is 17.1 Å². The van der Waals surface area contributed by atoms with Crippen LogP contribution in [-0.4, -0.2) is 5.78 Å². The van der Waals surface area contributed by atoms with E-state index < -0.39 is 0 Å².